The van der Waals surface area contributed by atoms with Crippen molar-refractivity contribution in [1.82, 2.24) is 0 Å². The minimum atomic E-state index is -0.845. The topological polar surface area (TPSA) is 80.4 Å². The zero-order valence-electron chi connectivity index (χ0n) is 11.4. The largest absolute Gasteiger partial charge is 0.481 e. The molecule has 0 amide bonds. The molecule has 2 rings (SSSR count). The Labute approximate surface area is 117 Å². The first-order valence-electron chi connectivity index (χ1n) is 7.01. The molecule has 0 radical (unpaired) electrons. The Morgan fingerprint density at radius 1 is 1.20 bits per heavy atom. The molecular weight excluding hydrogens is 258 g/mol. The molecule has 1 aromatic carbocycles. The van der Waals surface area contributed by atoms with Gasteiger partial charge in [-0.05, 0) is 19.3 Å². The van der Waals surface area contributed by atoms with Crippen LogP contribution in [0.15, 0.2) is 24.3 Å². The first-order valence-corrected chi connectivity index (χ1v) is 7.01. The third-order valence-electron chi connectivity index (χ3n) is 4.23. The molecule has 1 N–H and O–H groups in total. The number of nitro groups is 1. The molecule has 20 heavy (non-hydrogen) atoms. The smallest absolute Gasteiger partial charge is 0.309 e. The highest BCUT2D eigenvalue weighted by Crippen LogP contribution is 2.40. The average molecular weight is 277 g/mol. The Balaban J connectivity index is 2.33. The van der Waals surface area contributed by atoms with Gasteiger partial charge in [-0.25, -0.2) is 0 Å². The van der Waals surface area contributed by atoms with Crippen LogP contribution in [0.5, 0.6) is 0 Å². The summed E-state index contributed by atoms with van der Waals surface area (Å²) < 4.78 is 0. The number of para-hydroxylation sites is 1. The van der Waals surface area contributed by atoms with E-state index in [0.717, 1.165) is 25.7 Å². The van der Waals surface area contributed by atoms with E-state index in [2.05, 4.69) is 0 Å². The van der Waals surface area contributed by atoms with Crippen molar-refractivity contribution in [3.8, 4) is 0 Å². The number of hydrogen-bond acceptors (Lipinski definition) is 3. The van der Waals surface area contributed by atoms with Crippen molar-refractivity contribution < 1.29 is 14.8 Å². The van der Waals surface area contributed by atoms with Crippen LogP contribution in [0.1, 0.15) is 44.1 Å². The first-order chi connectivity index (χ1) is 9.55. The van der Waals surface area contributed by atoms with E-state index in [9.17, 15) is 20.0 Å². The molecular formula is C15H19NO4. The van der Waals surface area contributed by atoms with Crippen LogP contribution < -0.4 is 0 Å². The Kier molecular flexibility index (Phi) is 4.37. The molecule has 0 aromatic heterocycles. The lowest BCUT2D eigenvalue weighted by molar-refractivity contribution is -0.385. The van der Waals surface area contributed by atoms with E-state index in [4.69, 9.17) is 0 Å². The number of hydrogen-bond donors (Lipinski definition) is 1. The van der Waals surface area contributed by atoms with Crippen molar-refractivity contribution in [1.29, 1.82) is 0 Å². The third-order valence-corrected chi connectivity index (χ3v) is 4.23. The van der Waals surface area contributed by atoms with Crippen LogP contribution in [-0.4, -0.2) is 16.0 Å². The van der Waals surface area contributed by atoms with Crippen molar-refractivity contribution in [3.63, 3.8) is 0 Å². The third kappa shape index (κ3) is 2.98. The fraction of sp³-hybridized carbons (Fsp3) is 0.533. The summed E-state index contributed by atoms with van der Waals surface area (Å²) in [4.78, 5) is 22.4. The average Bonchev–Trinajstić information content (AvgIpc) is 2.66. The van der Waals surface area contributed by atoms with Crippen LogP contribution in [-0.2, 0) is 11.2 Å². The summed E-state index contributed by atoms with van der Waals surface area (Å²) in [5, 5.41) is 20.7. The fourth-order valence-corrected chi connectivity index (χ4v) is 3.07. The van der Waals surface area contributed by atoms with Crippen LogP contribution in [0.2, 0.25) is 0 Å². The summed E-state index contributed by atoms with van der Waals surface area (Å²) in [6.45, 7) is 0. The van der Waals surface area contributed by atoms with Crippen LogP contribution >= 0.6 is 0 Å². The summed E-state index contributed by atoms with van der Waals surface area (Å²) in [7, 11) is 0. The van der Waals surface area contributed by atoms with E-state index in [1.807, 2.05) is 0 Å². The van der Waals surface area contributed by atoms with E-state index >= 15 is 0 Å². The Hall–Kier alpha value is -1.91. The van der Waals surface area contributed by atoms with Gasteiger partial charge in [0.2, 0.25) is 0 Å². The second kappa shape index (κ2) is 6.03. The van der Waals surface area contributed by atoms with Gasteiger partial charge in [-0.15, -0.1) is 0 Å². The molecule has 1 fully saturated rings. The molecule has 1 aliphatic carbocycles. The number of rotatable bonds is 4. The minimum absolute atomic E-state index is 0.0253. The molecule has 0 saturated heterocycles. The minimum Gasteiger partial charge on any atom is -0.481 e. The monoisotopic (exact) mass is 277 g/mol. The summed E-state index contributed by atoms with van der Waals surface area (Å²) in [6.07, 6.45) is 5.32. The maximum atomic E-state index is 11.7. The second-order valence-corrected chi connectivity index (χ2v) is 5.56. The highest BCUT2D eigenvalue weighted by Gasteiger charge is 2.40. The molecule has 0 atom stereocenters. The lowest BCUT2D eigenvalue weighted by atomic mass is 9.75. The fourth-order valence-electron chi connectivity index (χ4n) is 3.07. The van der Waals surface area contributed by atoms with E-state index < -0.39 is 16.3 Å². The van der Waals surface area contributed by atoms with Gasteiger partial charge < -0.3 is 5.11 Å². The first kappa shape index (κ1) is 14.5. The number of carboxylic acids is 1. The molecule has 0 spiro atoms. The number of nitrogens with zero attached hydrogens (tertiary/aromatic N) is 1. The highest BCUT2D eigenvalue weighted by molar-refractivity contribution is 5.75. The van der Waals surface area contributed by atoms with Gasteiger partial charge in [-0.2, -0.15) is 0 Å². The standard InChI is InChI=1S/C15H19NO4/c17-14(18)15(9-5-1-2-6-10-15)11-12-7-3-4-8-13(12)16(19)20/h3-4,7-8H,1-2,5-6,9-11H2,(H,17,18). The van der Waals surface area contributed by atoms with Gasteiger partial charge in [0.25, 0.3) is 5.69 Å². The van der Waals surface area contributed by atoms with E-state index in [0.29, 0.717) is 18.4 Å². The predicted octanol–water partition coefficient (Wildman–Crippen LogP) is 3.56. The van der Waals surface area contributed by atoms with Gasteiger partial charge in [0.05, 0.1) is 10.3 Å². The van der Waals surface area contributed by atoms with E-state index in [1.54, 1.807) is 18.2 Å². The summed E-state index contributed by atoms with van der Waals surface area (Å²) in [5.41, 5.74) is -0.290. The number of benzene rings is 1. The van der Waals surface area contributed by atoms with Crippen LogP contribution in [0.25, 0.3) is 0 Å². The van der Waals surface area contributed by atoms with Gasteiger partial charge in [-0.1, -0.05) is 43.9 Å². The molecule has 0 aliphatic heterocycles. The normalized spacial score (nSPS) is 18.2. The van der Waals surface area contributed by atoms with Crippen LogP contribution in [0.4, 0.5) is 5.69 Å². The van der Waals surface area contributed by atoms with E-state index in [-0.39, 0.29) is 12.1 Å². The van der Waals surface area contributed by atoms with Gasteiger partial charge >= 0.3 is 5.97 Å². The van der Waals surface area contributed by atoms with Crippen molar-refractivity contribution >= 4 is 11.7 Å². The van der Waals surface area contributed by atoms with Crippen LogP contribution in [0.3, 0.4) is 0 Å². The maximum Gasteiger partial charge on any atom is 0.309 e. The molecule has 0 unspecified atom stereocenters. The lowest BCUT2D eigenvalue weighted by Gasteiger charge is -2.27. The zero-order chi connectivity index (χ0) is 14.6. The summed E-state index contributed by atoms with van der Waals surface area (Å²) in [6, 6.07) is 6.46. The number of nitro benzene ring substituents is 1. The Bertz CT molecular complexity index is 504. The summed E-state index contributed by atoms with van der Waals surface area (Å²) >= 11 is 0. The van der Waals surface area contributed by atoms with Crippen molar-refractivity contribution in [2.75, 3.05) is 0 Å². The molecule has 0 heterocycles. The molecule has 1 aliphatic rings. The molecule has 5 nitrogen and oxygen atoms in total. The van der Waals surface area contributed by atoms with Crippen molar-refractivity contribution in [2.24, 2.45) is 5.41 Å². The quantitative estimate of drug-likeness (QED) is 0.518. The number of carbonyl (C=O) groups is 1. The van der Waals surface area contributed by atoms with Gasteiger partial charge in [0, 0.05) is 11.6 Å². The van der Waals surface area contributed by atoms with Crippen LogP contribution in [0, 0.1) is 15.5 Å². The molecule has 1 saturated carbocycles. The van der Waals surface area contributed by atoms with Crippen molar-refractivity contribution in [2.45, 2.75) is 44.9 Å². The second-order valence-electron chi connectivity index (χ2n) is 5.56. The lowest BCUT2D eigenvalue weighted by Crippen LogP contribution is -2.33. The van der Waals surface area contributed by atoms with Gasteiger partial charge in [0.15, 0.2) is 0 Å². The molecule has 0 bridgehead atoms. The predicted molar refractivity (Wildman–Crippen MR) is 74.6 cm³/mol. The van der Waals surface area contributed by atoms with Gasteiger partial charge in [-0.3, -0.25) is 14.9 Å². The summed E-state index contributed by atoms with van der Waals surface area (Å²) in [5.74, 6) is -0.822. The van der Waals surface area contributed by atoms with E-state index in [1.165, 1.54) is 6.07 Å². The Morgan fingerprint density at radius 2 is 1.80 bits per heavy atom. The SMILES string of the molecule is O=C(O)C1(Cc2ccccc2[N+](=O)[O-])CCCCCC1. The number of carboxylic acid groups (broad SMARTS) is 1. The number of aliphatic carboxylic acids is 1. The molecule has 5 heteroatoms. The zero-order valence-corrected chi connectivity index (χ0v) is 11.4. The van der Waals surface area contributed by atoms with Crippen molar-refractivity contribution in [3.05, 3.63) is 39.9 Å². The molecule has 108 valence electrons. The Morgan fingerprint density at radius 3 is 2.35 bits per heavy atom. The maximum absolute atomic E-state index is 11.7. The van der Waals surface area contributed by atoms with Gasteiger partial charge in [0.1, 0.15) is 0 Å². The molecule has 1 aromatic rings. The highest BCUT2D eigenvalue weighted by atomic mass is 16.6.